The van der Waals surface area contributed by atoms with Gasteiger partial charge in [-0.1, -0.05) is 32.0 Å². The number of para-hydroxylation sites is 1. The van der Waals surface area contributed by atoms with E-state index in [-0.39, 0.29) is 30.4 Å². The number of anilines is 1. The van der Waals surface area contributed by atoms with E-state index in [0.717, 1.165) is 5.69 Å². The number of likely N-dealkylation sites (tertiary alicyclic amines) is 1. The first-order chi connectivity index (χ1) is 13.4. The predicted molar refractivity (Wildman–Crippen MR) is 108 cm³/mol. The van der Waals surface area contributed by atoms with Crippen molar-refractivity contribution >= 4 is 23.6 Å². The number of nitrogens with one attached hydrogen (secondary N) is 2. The first-order valence-corrected chi connectivity index (χ1v) is 9.98. The highest BCUT2D eigenvalue weighted by Gasteiger charge is 2.30. The Morgan fingerprint density at radius 1 is 1.14 bits per heavy atom. The molecule has 0 bridgehead atoms. The van der Waals surface area contributed by atoms with Crippen LogP contribution in [0.25, 0.3) is 0 Å². The predicted octanol–water partition coefficient (Wildman–Crippen LogP) is 3.02. The Morgan fingerprint density at radius 2 is 1.79 bits per heavy atom. The number of carbonyl (C=O) groups excluding carboxylic acids is 3. The molecule has 1 aromatic rings. The average Bonchev–Trinajstić information content (AvgIpc) is 2.68. The van der Waals surface area contributed by atoms with Crippen LogP contribution in [-0.4, -0.2) is 48.5 Å². The van der Waals surface area contributed by atoms with Crippen LogP contribution in [0.2, 0.25) is 0 Å². The molecule has 2 rings (SSSR count). The van der Waals surface area contributed by atoms with E-state index >= 15 is 0 Å². The molecule has 0 radical (unpaired) electrons. The molecule has 1 aliphatic rings. The molecule has 1 heterocycles. The third-order valence-corrected chi connectivity index (χ3v) is 4.77. The Balaban J connectivity index is 1.84. The molecule has 1 saturated heterocycles. The molecular weight excluding hydrogens is 358 g/mol. The quantitative estimate of drug-likeness (QED) is 0.702. The van der Waals surface area contributed by atoms with Crippen LogP contribution in [0.3, 0.4) is 0 Å². The van der Waals surface area contributed by atoms with Crippen molar-refractivity contribution in [2.24, 2.45) is 11.8 Å². The standard InChI is InChI=1S/C21H31N3O4/c1-4-28-20(26)18(14-15(2)3)23-21(27)24-12-10-16(11-13-24)19(25)22-17-8-6-5-7-9-17/h5-9,15-16,18H,4,10-14H2,1-3H3,(H,22,25)(H,23,27). The van der Waals surface area contributed by atoms with Crippen LogP contribution in [0.4, 0.5) is 10.5 Å². The Hall–Kier alpha value is -2.57. The van der Waals surface area contributed by atoms with Crippen LogP contribution in [0.5, 0.6) is 0 Å². The minimum Gasteiger partial charge on any atom is -0.464 e. The Kier molecular flexibility index (Phi) is 8.29. The maximum absolute atomic E-state index is 12.6. The molecule has 0 aromatic heterocycles. The van der Waals surface area contributed by atoms with Crippen molar-refractivity contribution in [3.05, 3.63) is 30.3 Å². The van der Waals surface area contributed by atoms with Crippen molar-refractivity contribution < 1.29 is 19.1 Å². The minimum atomic E-state index is -0.647. The molecule has 1 aromatic carbocycles. The zero-order valence-corrected chi connectivity index (χ0v) is 16.9. The normalized spacial score (nSPS) is 15.8. The number of amides is 3. The van der Waals surface area contributed by atoms with Gasteiger partial charge in [0.05, 0.1) is 6.61 Å². The van der Waals surface area contributed by atoms with Gasteiger partial charge in [-0.05, 0) is 44.2 Å². The van der Waals surface area contributed by atoms with E-state index in [1.165, 1.54) is 0 Å². The van der Waals surface area contributed by atoms with E-state index < -0.39 is 12.0 Å². The summed E-state index contributed by atoms with van der Waals surface area (Å²) in [6, 6.07) is 8.43. The van der Waals surface area contributed by atoms with Gasteiger partial charge in [0.15, 0.2) is 0 Å². The Morgan fingerprint density at radius 3 is 2.36 bits per heavy atom. The molecule has 7 nitrogen and oxygen atoms in total. The molecule has 0 spiro atoms. The summed E-state index contributed by atoms with van der Waals surface area (Å²) in [6.45, 7) is 6.99. The lowest BCUT2D eigenvalue weighted by Crippen LogP contribution is -2.51. The summed E-state index contributed by atoms with van der Waals surface area (Å²) in [4.78, 5) is 38.8. The fourth-order valence-electron chi connectivity index (χ4n) is 3.28. The Bertz CT molecular complexity index is 655. The summed E-state index contributed by atoms with van der Waals surface area (Å²) < 4.78 is 5.07. The van der Waals surface area contributed by atoms with E-state index in [1.807, 2.05) is 44.2 Å². The number of ether oxygens (including phenoxy) is 1. The zero-order chi connectivity index (χ0) is 20.5. The highest BCUT2D eigenvalue weighted by molar-refractivity contribution is 5.92. The van der Waals surface area contributed by atoms with Crippen molar-refractivity contribution in [3.63, 3.8) is 0 Å². The monoisotopic (exact) mass is 389 g/mol. The largest absolute Gasteiger partial charge is 0.464 e. The fourth-order valence-corrected chi connectivity index (χ4v) is 3.28. The molecule has 0 saturated carbocycles. The van der Waals surface area contributed by atoms with Crippen LogP contribution in [-0.2, 0) is 14.3 Å². The molecule has 0 aliphatic carbocycles. The van der Waals surface area contributed by atoms with Gasteiger partial charge >= 0.3 is 12.0 Å². The van der Waals surface area contributed by atoms with E-state index in [0.29, 0.717) is 32.4 Å². The van der Waals surface area contributed by atoms with E-state index in [9.17, 15) is 14.4 Å². The molecule has 1 atom stereocenters. The molecule has 1 unspecified atom stereocenters. The third-order valence-electron chi connectivity index (χ3n) is 4.77. The second kappa shape index (κ2) is 10.7. The van der Waals surface area contributed by atoms with Crippen LogP contribution < -0.4 is 10.6 Å². The maximum Gasteiger partial charge on any atom is 0.328 e. The SMILES string of the molecule is CCOC(=O)C(CC(C)C)NC(=O)N1CCC(C(=O)Nc2ccccc2)CC1. The van der Waals surface area contributed by atoms with Crippen molar-refractivity contribution in [3.8, 4) is 0 Å². The third kappa shape index (κ3) is 6.55. The van der Waals surface area contributed by atoms with Gasteiger partial charge in [-0.15, -0.1) is 0 Å². The molecule has 28 heavy (non-hydrogen) atoms. The van der Waals surface area contributed by atoms with E-state index in [2.05, 4.69) is 10.6 Å². The van der Waals surface area contributed by atoms with Crippen molar-refractivity contribution in [1.82, 2.24) is 10.2 Å². The first-order valence-electron chi connectivity index (χ1n) is 9.98. The van der Waals surface area contributed by atoms with Crippen LogP contribution in [0.15, 0.2) is 30.3 Å². The summed E-state index contributed by atoms with van der Waals surface area (Å²) in [7, 11) is 0. The van der Waals surface area contributed by atoms with Crippen molar-refractivity contribution in [2.45, 2.75) is 46.1 Å². The highest BCUT2D eigenvalue weighted by atomic mass is 16.5. The maximum atomic E-state index is 12.6. The fraction of sp³-hybridized carbons (Fsp3) is 0.571. The van der Waals surface area contributed by atoms with E-state index in [4.69, 9.17) is 4.74 Å². The van der Waals surface area contributed by atoms with Gasteiger partial charge < -0.3 is 20.3 Å². The van der Waals surface area contributed by atoms with Crippen LogP contribution in [0, 0.1) is 11.8 Å². The lowest BCUT2D eigenvalue weighted by molar-refractivity contribution is -0.145. The molecule has 154 valence electrons. The van der Waals surface area contributed by atoms with E-state index in [1.54, 1.807) is 11.8 Å². The molecule has 2 N–H and O–H groups in total. The lowest BCUT2D eigenvalue weighted by Gasteiger charge is -2.32. The van der Waals surface area contributed by atoms with Gasteiger partial charge in [0.1, 0.15) is 6.04 Å². The van der Waals surface area contributed by atoms with Crippen LogP contribution >= 0.6 is 0 Å². The summed E-state index contributed by atoms with van der Waals surface area (Å²) >= 11 is 0. The summed E-state index contributed by atoms with van der Waals surface area (Å²) in [6.07, 6.45) is 1.72. The number of hydrogen-bond acceptors (Lipinski definition) is 4. The first kappa shape index (κ1) is 21.7. The number of urea groups is 1. The highest BCUT2D eigenvalue weighted by Crippen LogP contribution is 2.20. The molecule has 7 heteroatoms. The smallest absolute Gasteiger partial charge is 0.328 e. The van der Waals surface area contributed by atoms with Crippen molar-refractivity contribution in [2.75, 3.05) is 25.0 Å². The van der Waals surface area contributed by atoms with Gasteiger partial charge in [0.25, 0.3) is 0 Å². The Labute approximate surface area is 166 Å². The topological polar surface area (TPSA) is 87.7 Å². The molecular formula is C21H31N3O4. The molecule has 1 aliphatic heterocycles. The number of rotatable bonds is 7. The second-order valence-electron chi connectivity index (χ2n) is 7.50. The summed E-state index contributed by atoms with van der Waals surface area (Å²) in [5.41, 5.74) is 0.777. The minimum absolute atomic E-state index is 0.0181. The van der Waals surface area contributed by atoms with Crippen LogP contribution in [0.1, 0.15) is 40.0 Å². The average molecular weight is 389 g/mol. The number of piperidine rings is 1. The van der Waals surface area contributed by atoms with Gasteiger partial charge in [0, 0.05) is 24.7 Å². The van der Waals surface area contributed by atoms with Gasteiger partial charge in [-0.3, -0.25) is 4.79 Å². The zero-order valence-electron chi connectivity index (χ0n) is 16.9. The number of hydrogen-bond donors (Lipinski definition) is 2. The van der Waals surface area contributed by atoms with Gasteiger partial charge in [0.2, 0.25) is 5.91 Å². The van der Waals surface area contributed by atoms with Gasteiger partial charge in [-0.25, -0.2) is 9.59 Å². The number of benzene rings is 1. The van der Waals surface area contributed by atoms with Crippen molar-refractivity contribution in [1.29, 1.82) is 0 Å². The molecule has 3 amide bonds. The lowest BCUT2D eigenvalue weighted by atomic mass is 9.96. The molecule has 1 fully saturated rings. The summed E-state index contributed by atoms with van der Waals surface area (Å²) in [5, 5.41) is 5.72. The second-order valence-corrected chi connectivity index (χ2v) is 7.50. The number of carbonyl (C=O) groups is 3. The van der Waals surface area contributed by atoms with Gasteiger partial charge in [-0.2, -0.15) is 0 Å². The number of esters is 1. The number of nitrogens with zero attached hydrogens (tertiary/aromatic N) is 1. The summed E-state index contributed by atoms with van der Waals surface area (Å²) in [5.74, 6) is -0.292.